The molecule has 8 atom stereocenters. The highest BCUT2D eigenvalue weighted by molar-refractivity contribution is 5.75. The quantitative estimate of drug-likeness (QED) is 0.187. The Morgan fingerprint density at radius 2 is 1.13 bits per heavy atom. The summed E-state index contributed by atoms with van der Waals surface area (Å²) in [6.07, 6.45) is 15.8. The van der Waals surface area contributed by atoms with Crippen molar-refractivity contribution in [1.82, 2.24) is 0 Å². The third kappa shape index (κ3) is 11.7. The lowest BCUT2D eigenvalue weighted by molar-refractivity contribution is -0.151. The van der Waals surface area contributed by atoms with Gasteiger partial charge in [-0.2, -0.15) is 0 Å². The number of hydrogen-bond acceptors (Lipinski definition) is 9. The zero-order chi connectivity index (χ0) is 34.9. The van der Waals surface area contributed by atoms with Crippen LogP contribution in [0.25, 0.3) is 0 Å². The van der Waals surface area contributed by atoms with Gasteiger partial charge in [0.2, 0.25) is 0 Å². The summed E-state index contributed by atoms with van der Waals surface area (Å²) in [6.45, 7) is 17.5. The lowest BCUT2D eigenvalue weighted by Gasteiger charge is -2.35. The van der Waals surface area contributed by atoms with Crippen LogP contribution in [0.1, 0.15) is 145 Å². The molecular formula is C38H66O9. The van der Waals surface area contributed by atoms with Crippen LogP contribution in [0, 0.1) is 35.5 Å². The maximum atomic E-state index is 11.4. The number of esters is 4. The highest BCUT2D eigenvalue weighted by atomic mass is 16.6. The third-order valence-electron chi connectivity index (χ3n) is 10.2. The lowest BCUT2D eigenvalue weighted by Crippen LogP contribution is -2.29. The van der Waals surface area contributed by atoms with Gasteiger partial charge < -0.3 is 23.7 Å². The summed E-state index contributed by atoms with van der Waals surface area (Å²) in [6, 6.07) is 0. The van der Waals surface area contributed by atoms with Gasteiger partial charge in [-0.1, -0.05) is 61.8 Å². The van der Waals surface area contributed by atoms with Gasteiger partial charge in [-0.25, -0.2) is 0 Å². The van der Waals surface area contributed by atoms with E-state index in [-0.39, 0.29) is 54.0 Å². The van der Waals surface area contributed by atoms with E-state index in [4.69, 9.17) is 23.7 Å². The van der Waals surface area contributed by atoms with Crippen molar-refractivity contribution in [2.24, 2.45) is 35.5 Å². The van der Waals surface area contributed by atoms with Gasteiger partial charge in [0, 0.05) is 18.3 Å². The van der Waals surface area contributed by atoms with E-state index in [9.17, 15) is 19.2 Å². The molecule has 9 nitrogen and oxygen atoms in total. The van der Waals surface area contributed by atoms with Crippen molar-refractivity contribution in [2.45, 2.75) is 170 Å². The van der Waals surface area contributed by atoms with E-state index >= 15 is 0 Å². The molecule has 272 valence electrons. The predicted molar refractivity (Wildman–Crippen MR) is 181 cm³/mol. The average molecular weight is 667 g/mol. The fourth-order valence-corrected chi connectivity index (χ4v) is 8.34. The fourth-order valence-electron chi connectivity index (χ4n) is 8.34. The minimum atomic E-state index is -0.107. The van der Waals surface area contributed by atoms with E-state index < -0.39 is 0 Å². The number of fused-ring (bicyclic) bond motifs is 4. The molecule has 4 aliphatic carbocycles. The maximum Gasteiger partial charge on any atom is 0.309 e. The monoisotopic (exact) mass is 666 g/mol. The zero-order valence-corrected chi connectivity index (χ0v) is 30.8. The van der Waals surface area contributed by atoms with Crippen molar-refractivity contribution in [1.29, 1.82) is 0 Å². The second-order valence-corrected chi connectivity index (χ2v) is 12.9. The molecule has 47 heavy (non-hydrogen) atoms. The second kappa shape index (κ2) is 21.7. The number of ether oxygens (including phenoxy) is 5. The first kappa shape index (κ1) is 41.0. The summed E-state index contributed by atoms with van der Waals surface area (Å²) in [5, 5.41) is 0. The highest BCUT2D eigenvalue weighted by Crippen LogP contribution is 2.47. The molecule has 0 radical (unpaired) electrons. The third-order valence-corrected chi connectivity index (χ3v) is 10.2. The van der Waals surface area contributed by atoms with Crippen LogP contribution < -0.4 is 0 Å². The van der Waals surface area contributed by atoms with Crippen LogP contribution in [0.4, 0.5) is 0 Å². The largest absolute Gasteiger partial charge is 0.465 e. The van der Waals surface area contributed by atoms with Gasteiger partial charge >= 0.3 is 23.9 Å². The molecule has 8 unspecified atom stereocenters. The molecular weight excluding hydrogens is 600 g/mol. The molecule has 0 aromatic rings. The van der Waals surface area contributed by atoms with Crippen LogP contribution in [0.3, 0.4) is 0 Å². The van der Waals surface area contributed by atoms with Gasteiger partial charge in [-0.05, 0) is 76.0 Å². The highest BCUT2D eigenvalue weighted by Gasteiger charge is 2.44. The maximum absolute atomic E-state index is 11.4. The summed E-state index contributed by atoms with van der Waals surface area (Å²) >= 11 is 0. The molecule has 0 aromatic heterocycles. The Bertz CT molecular complexity index is 875. The number of carbonyl (C=O) groups is 4. The molecule has 0 amide bonds. The van der Waals surface area contributed by atoms with Crippen molar-refractivity contribution in [3.63, 3.8) is 0 Å². The van der Waals surface area contributed by atoms with Gasteiger partial charge in [0.25, 0.3) is 0 Å². The molecule has 0 spiro atoms. The van der Waals surface area contributed by atoms with E-state index in [1.165, 1.54) is 32.1 Å². The Kier molecular flexibility index (Phi) is 19.0. The summed E-state index contributed by atoms with van der Waals surface area (Å²) in [5.41, 5.74) is 0. The van der Waals surface area contributed by atoms with Crippen molar-refractivity contribution in [3.8, 4) is 0 Å². The molecule has 4 bridgehead atoms. The molecule has 10 aliphatic rings. The van der Waals surface area contributed by atoms with Crippen LogP contribution in [-0.2, 0) is 42.9 Å². The van der Waals surface area contributed by atoms with E-state index in [2.05, 4.69) is 0 Å². The Morgan fingerprint density at radius 1 is 0.532 bits per heavy atom. The van der Waals surface area contributed by atoms with Crippen LogP contribution in [0.2, 0.25) is 0 Å². The standard InChI is InChI=1S/C10H14O2.2C7H10O2.C6H8O3.4C2H6/c11-10-8-2-6-1-7(3-8)5-9(4-6)12-10;8-7-6-3-1-2-5(6)4-9-7;8-7-4-5-2-1-3-6(5)9-7;7-6-3-5-4(9-6)1-2-8-5;4*1-2/h6-9H,1-5H2;2*5-6H,1-4H2;4-5H,1-3H2;4*1-2H3. The predicted octanol–water partition coefficient (Wildman–Crippen LogP) is 8.00. The fraction of sp³-hybridized carbons (Fsp3) is 0.895. The van der Waals surface area contributed by atoms with Gasteiger partial charge in [0.05, 0.1) is 37.9 Å². The minimum Gasteiger partial charge on any atom is -0.465 e. The normalized spacial score (nSPS) is 36.8. The molecule has 6 saturated heterocycles. The number of cyclic esters (lactones) is 1. The first-order valence-electron chi connectivity index (χ1n) is 19.3. The molecule has 4 saturated carbocycles. The average Bonchev–Trinajstić information content (AvgIpc) is 3.93. The molecule has 10 fully saturated rings. The van der Waals surface area contributed by atoms with E-state index in [0.29, 0.717) is 37.4 Å². The van der Waals surface area contributed by atoms with Crippen molar-refractivity contribution in [3.05, 3.63) is 0 Å². The number of hydrogen-bond donors (Lipinski definition) is 0. The SMILES string of the molecule is CC.CC.CC.CC.O=C1CC2CCCC2O1.O=C1CC2OCCC2O1.O=C1OC2CC3CC(C2)CC1C3.O=C1OCC2CCCC12. The van der Waals surface area contributed by atoms with Crippen LogP contribution in [0.5, 0.6) is 0 Å². The Hall–Kier alpha value is -2.16. The van der Waals surface area contributed by atoms with Crippen LogP contribution >= 0.6 is 0 Å². The minimum absolute atomic E-state index is 0.0182. The molecule has 0 aromatic carbocycles. The first-order chi connectivity index (χ1) is 22.9. The second-order valence-electron chi connectivity index (χ2n) is 12.9. The topological polar surface area (TPSA) is 114 Å². The summed E-state index contributed by atoms with van der Waals surface area (Å²) in [5.74, 6) is 3.38. The Balaban J connectivity index is 0.000000205. The first-order valence-corrected chi connectivity index (χ1v) is 19.3. The summed E-state index contributed by atoms with van der Waals surface area (Å²) < 4.78 is 25.4. The Morgan fingerprint density at radius 3 is 1.74 bits per heavy atom. The van der Waals surface area contributed by atoms with Crippen molar-refractivity contribution < 1.29 is 42.9 Å². The molecule has 6 heterocycles. The van der Waals surface area contributed by atoms with Gasteiger partial charge in [0.15, 0.2) is 0 Å². The van der Waals surface area contributed by atoms with Gasteiger partial charge in [-0.3, -0.25) is 19.2 Å². The van der Waals surface area contributed by atoms with Crippen molar-refractivity contribution >= 4 is 23.9 Å². The van der Waals surface area contributed by atoms with Gasteiger partial charge in [0.1, 0.15) is 24.4 Å². The van der Waals surface area contributed by atoms with Crippen LogP contribution in [-0.4, -0.2) is 61.5 Å². The molecule has 6 aliphatic heterocycles. The summed E-state index contributed by atoms with van der Waals surface area (Å²) in [4.78, 5) is 43.5. The van der Waals surface area contributed by atoms with Crippen LogP contribution in [0.15, 0.2) is 0 Å². The molecule has 0 N–H and O–H groups in total. The molecule has 10 rings (SSSR count). The van der Waals surface area contributed by atoms with E-state index in [1.54, 1.807) is 0 Å². The molecule has 9 heteroatoms. The van der Waals surface area contributed by atoms with E-state index in [0.717, 1.165) is 63.4 Å². The zero-order valence-electron chi connectivity index (χ0n) is 30.8. The Labute approximate surface area is 284 Å². The summed E-state index contributed by atoms with van der Waals surface area (Å²) in [7, 11) is 0. The number of rotatable bonds is 0. The smallest absolute Gasteiger partial charge is 0.309 e. The van der Waals surface area contributed by atoms with Gasteiger partial charge in [-0.15, -0.1) is 0 Å². The van der Waals surface area contributed by atoms with Crippen molar-refractivity contribution in [2.75, 3.05) is 13.2 Å². The lowest BCUT2D eigenvalue weighted by atomic mass is 9.68. The number of carbonyl (C=O) groups excluding carboxylic acids is 4. The van der Waals surface area contributed by atoms with E-state index in [1.807, 2.05) is 55.4 Å².